The summed E-state index contributed by atoms with van der Waals surface area (Å²) in [7, 11) is 1.93. The zero-order valence-electron chi connectivity index (χ0n) is 13.3. The molecular formula is C16H23BrN4O2. The van der Waals surface area contributed by atoms with Gasteiger partial charge in [-0.05, 0) is 50.2 Å². The number of benzene rings is 1. The van der Waals surface area contributed by atoms with E-state index in [1.54, 1.807) is 12.1 Å². The average molecular weight is 383 g/mol. The van der Waals surface area contributed by atoms with Gasteiger partial charge >= 0.3 is 6.03 Å². The Kier molecular flexibility index (Phi) is 6.85. The number of nitrogens with one attached hydrogen (secondary N) is 3. The van der Waals surface area contributed by atoms with Crippen molar-refractivity contribution in [3.8, 4) is 0 Å². The number of anilines is 1. The molecule has 126 valence electrons. The minimum absolute atomic E-state index is 0.104. The van der Waals surface area contributed by atoms with Crippen molar-refractivity contribution in [3.05, 3.63) is 28.7 Å². The van der Waals surface area contributed by atoms with Crippen molar-refractivity contribution in [1.82, 2.24) is 15.5 Å². The van der Waals surface area contributed by atoms with Gasteiger partial charge in [0.05, 0.1) is 0 Å². The molecule has 3 N–H and O–H groups in total. The Bertz CT molecular complexity index is 535. The third-order valence-electron chi connectivity index (χ3n) is 3.86. The average Bonchev–Trinajstić information content (AvgIpc) is 2.99. The summed E-state index contributed by atoms with van der Waals surface area (Å²) in [5, 5.41) is 8.59. The second-order valence-electron chi connectivity index (χ2n) is 5.69. The minimum Gasteiger partial charge on any atom is -0.342 e. The van der Waals surface area contributed by atoms with Gasteiger partial charge in [0.15, 0.2) is 0 Å². The zero-order valence-corrected chi connectivity index (χ0v) is 14.9. The molecule has 1 unspecified atom stereocenters. The molecule has 0 bridgehead atoms. The fourth-order valence-corrected chi connectivity index (χ4v) is 2.93. The number of hydrogen-bond donors (Lipinski definition) is 3. The molecule has 0 aromatic heterocycles. The molecule has 1 aliphatic rings. The summed E-state index contributed by atoms with van der Waals surface area (Å²) in [5.41, 5.74) is 0.714. The molecule has 0 spiro atoms. The fraction of sp³-hybridized carbons (Fsp3) is 0.500. The second-order valence-corrected chi connectivity index (χ2v) is 6.61. The van der Waals surface area contributed by atoms with Crippen LogP contribution in [-0.2, 0) is 4.79 Å². The molecule has 1 saturated heterocycles. The summed E-state index contributed by atoms with van der Waals surface area (Å²) in [6, 6.07) is 7.03. The van der Waals surface area contributed by atoms with Gasteiger partial charge in [-0.2, -0.15) is 0 Å². The van der Waals surface area contributed by atoms with Gasteiger partial charge in [-0.3, -0.25) is 4.79 Å². The van der Waals surface area contributed by atoms with Crippen molar-refractivity contribution < 1.29 is 9.59 Å². The highest BCUT2D eigenvalue weighted by atomic mass is 79.9. The molecule has 23 heavy (non-hydrogen) atoms. The highest BCUT2D eigenvalue weighted by molar-refractivity contribution is 9.10. The van der Waals surface area contributed by atoms with Crippen LogP contribution >= 0.6 is 15.9 Å². The largest absolute Gasteiger partial charge is 0.342 e. The lowest BCUT2D eigenvalue weighted by atomic mass is 10.1. The monoisotopic (exact) mass is 382 g/mol. The molecule has 1 aromatic rings. The van der Waals surface area contributed by atoms with Crippen molar-refractivity contribution in [2.24, 2.45) is 5.92 Å². The molecule has 2 rings (SSSR count). The first-order chi connectivity index (χ1) is 11.1. The molecular weight excluding hydrogens is 360 g/mol. The van der Waals surface area contributed by atoms with E-state index < -0.39 is 0 Å². The topological polar surface area (TPSA) is 73.5 Å². The highest BCUT2D eigenvalue weighted by Gasteiger charge is 2.25. The van der Waals surface area contributed by atoms with Gasteiger partial charge < -0.3 is 20.9 Å². The van der Waals surface area contributed by atoms with Gasteiger partial charge in [-0.15, -0.1) is 0 Å². The van der Waals surface area contributed by atoms with E-state index in [4.69, 9.17) is 0 Å². The van der Waals surface area contributed by atoms with E-state index >= 15 is 0 Å². The van der Waals surface area contributed by atoms with E-state index in [9.17, 15) is 9.59 Å². The van der Waals surface area contributed by atoms with Crippen LogP contribution in [0.3, 0.4) is 0 Å². The van der Waals surface area contributed by atoms with E-state index in [-0.39, 0.29) is 11.9 Å². The second kappa shape index (κ2) is 8.88. The maximum Gasteiger partial charge on any atom is 0.319 e. The number of hydrogen-bond acceptors (Lipinski definition) is 3. The molecule has 3 amide bonds. The third-order valence-corrected chi connectivity index (χ3v) is 4.39. The van der Waals surface area contributed by atoms with Crippen molar-refractivity contribution in [2.45, 2.75) is 12.8 Å². The van der Waals surface area contributed by atoms with Crippen LogP contribution in [0.2, 0.25) is 0 Å². The number of carbonyl (C=O) groups is 2. The van der Waals surface area contributed by atoms with Gasteiger partial charge in [0.1, 0.15) is 0 Å². The molecule has 0 aliphatic carbocycles. The summed E-state index contributed by atoms with van der Waals surface area (Å²) in [6.45, 7) is 2.91. The molecule has 1 aromatic carbocycles. The van der Waals surface area contributed by atoms with Crippen molar-refractivity contribution in [1.29, 1.82) is 0 Å². The van der Waals surface area contributed by atoms with E-state index in [1.165, 1.54) is 0 Å². The summed E-state index contributed by atoms with van der Waals surface area (Å²) in [4.78, 5) is 25.8. The number of amides is 3. The quantitative estimate of drug-likeness (QED) is 0.704. The zero-order chi connectivity index (χ0) is 16.7. The first kappa shape index (κ1) is 17.7. The number of urea groups is 1. The van der Waals surface area contributed by atoms with E-state index in [0.717, 1.165) is 30.5 Å². The molecule has 1 atom stereocenters. The van der Waals surface area contributed by atoms with Crippen molar-refractivity contribution in [2.75, 3.05) is 38.5 Å². The van der Waals surface area contributed by atoms with Gasteiger partial charge in [0.25, 0.3) is 0 Å². The maximum atomic E-state index is 12.1. The molecule has 1 aliphatic heterocycles. The molecule has 1 heterocycles. The Morgan fingerprint density at radius 1 is 1.30 bits per heavy atom. The van der Waals surface area contributed by atoms with E-state index in [1.807, 2.05) is 24.1 Å². The van der Waals surface area contributed by atoms with Crippen LogP contribution in [0, 0.1) is 5.92 Å². The number of likely N-dealkylation sites (tertiary alicyclic amines) is 1. The standard InChI is InChI=1S/C16H23BrN4O2/c1-18-10-12-7-9-21(11-12)15(22)6-8-19-16(23)20-14-4-2-13(17)3-5-14/h2-5,12,18H,6-11H2,1H3,(H2,19,20,23). The lowest BCUT2D eigenvalue weighted by Gasteiger charge is -2.16. The summed E-state index contributed by atoms with van der Waals surface area (Å²) in [5.74, 6) is 0.644. The van der Waals surface area contributed by atoms with Crippen LogP contribution in [0.15, 0.2) is 28.7 Å². The number of nitrogens with zero attached hydrogens (tertiary/aromatic N) is 1. The summed E-state index contributed by atoms with van der Waals surface area (Å²) >= 11 is 3.34. The Morgan fingerprint density at radius 3 is 2.74 bits per heavy atom. The Labute approximate surface area is 145 Å². The van der Waals surface area contributed by atoms with Gasteiger partial charge in [0, 0.05) is 36.2 Å². The van der Waals surface area contributed by atoms with E-state index in [0.29, 0.717) is 24.6 Å². The first-order valence-corrected chi connectivity index (χ1v) is 8.60. The van der Waals surface area contributed by atoms with Crippen LogP contribution in [0.25, 0.3) is 0 Å². The molecule has 1 fully saturated rings. The van der Waals surface area contributed by atoms with Crippen LogP contribution in [0.5, 0.6) is 0 Å². The lowest BCUT2D eigenvalue weighted by molar-refractivity contribution is -0.130. The van der Waals surface area contributed by atoms with Crippen molar-refractivity contribution >= 4 is 33.6 Å². The van der Waals surface area contributed by atoms with E-state index in [2.05, 4.69) is 31.9 Å². The Balaban J connectivity index is 1.65. The number of carbonyl (C=O) groups excluding carboxylic acids is 2. The van der Waals surface area contributed by atoms with Gasteiger partial charge in [0.2, 0.25) is 5.91 Å². The van der Waals surface area contributed by atoms with Gasteiger partial charge in [-0.25, -0.2) is 4.79 Å². The molecule has 0 saturated carbocycles. The predicted molar refractivity (Wildman–Crippen MR) is 94.4 cm³/mol. The molecule has 6 nitrogen and oxygen atoms in total. The normalized spacial score (nSPS) is 17.1. The maximum absolute atomic E-state index is 12.1. The first-order valence-electron chi connectivity index (χ1n) is 7.81. The minimum atomic E-state index is -0.297. The molecule has 7 heteroatoms. The fourth-order valence-electron chi connectivity index (χ4n) is 2.66. The summed E-state index contributed by atoms with van der Waals surface area (Å²) in [6.07, 6.45) is 1.38. The third kappa shape index (κ3) is 5.84. The lowest BCUT2D eigenvalue weighted by Crippen LogP contribution is -2.35. The van der Waals surface area contributed by atoms with Crippen LogP contribution < -0.4 is 16.0 Å². The van der Waals surface area contributed by atoms with Crippen LogP contribution in [0.1, 0.15) is 12.8 Å². The van der Waals surface area contributed by atoms with Crippen molar-refractivity contribution in [3.63, 3.8) is 0 Å². The predicted octanol–water partition coefficient (Wildman–Crippen LogP) is 2.03. The number of rotatable bonds is 6. The smallest absolute Gasteiger partial charge is 0.319 e. The molecule has 0 radical (unpaired) electrons. The van der Waals surface area contributed by atoms with Crippen LogP contribution in [0.4, 0.5) is 10.5 Å². The highest BCUT2D eigenvalue weighted by Crippen LogP contribution is 2.16. The summed E-state index contributed by atoms with van der Waals surface area (Å²) < 4.78 is 0.955. The Morgan fingerprint density at radius 2 is 2.04 bits per heavy atom. The Hall–Kier alpha value is -1.60. The SMILES string of the molecule is CNCC1CCN(C(=O)CCNC(=O)Nc2ccc(Br)cc2)C1. The van der Waals surface area contributed by atoms with Crippen LogP contribution in [-0.4, -0.2) is 50.1 Å². The number of halogens is 1. The van der Waals surface area contributed by atoms with Gasteiger partial charge in [-0.1, -0.05) is 15.9 Å².